The van der Waals surface area contributed by atoms with Crippen molar-refractivity contribution in [2.45, 2.75) is 17.9 Å². The molecule has 1 amide bonds. The molecule has 30 heavy (non-hydrogen) atoms. The van der Waals surface area contributed by atoms with Crippen molar-refractivity contribution < 1.29 is 32.2 Å². The van der Waals surface area contributed by atoms with Gasteiger partial charge in [0.2, 0.25) is 10.0 Å². The van der Waals surface area contributed by atoms with Gasteiger partial charge < -0.3 is 19.5 Å². The van der Waals surface area contributed by atoms with Gasteiger partial charge >= 0.3 is 5.97 Å². The lowest BCUT2D eigenvalue weighted by Crippen LogP contribution is -2.30. The van der Waals surface area contributed by atoms with E-state index < -0.39 is 28.0 Å². The SMILES string of the molecule is CNS(=O)(=O)c1cc(C(=O)OC(C)C(=O)Nc2ccc3c(c2)OCCO3)ccc1Cl. The van der Waals surface area contributed by atoms with Crippen molar-refractivity contribution in [3.8, 4) is 11.5 Å². The predicted octanol–water partition coefficient (Wildman–Crippen LogP) is 2.20. The summed E-state index contributed by atoms with van der Waals surface area (Å²) >= 11 is 5.91. The lowest BCUT2D eigenvalue weighted by molar-refractivity contribution is -0.123. The third kappa shape index (κ3) is 4.84. The maximum atomic E-state index is 12.4. The van der Waals surface area contributed by atoms with Crippen LogP contribution >= 0.6 is 11.6 Å². The number of benzene rings is 2. The monoisotopic (exact) mass is 454 g/mol. The van der Waals surface area contributed by atoms with Gasteiger partial charge in [-0.2, -0.15) is 0 Å². The molecule has 11 heteroatoms. The average Bonchev–Trinajstić information content (AvgIpc) is 2.73. The van der Waals surface area contributed by atoms with E-state index in [9.17, 15) is 18.0 Å². The number of halogens is 1. The number of amides is 1. The van der Waals surface area contributed by atoms with Crippen molar-refractivity contribution in [1.29, 1.82) is 0 Å². The van der Waals surface area contributed by atoms with E-state index in [0.717, 1.165) is 6.07 Å². The molecule has 0 saturated carbocycles. The number of carbonyl (C=O) groups excluding carboxylic acids is 2. The molecule has 1 aliphatic rings. The second kappa shape index (κ2) is 8.90. The highest BCUT2D eigenvalue weighted by Gasteiger charge is 2.23. The van der Waals surface area contributed by atoms with Crippen LogP contribution in [0.2, 0.25) is 5.02 Å². The number of sulfonamides is 1. The molecule has 0 saturated heterocycles. The minimum atomic E-state index is -3.87. The van der Waals surface area contributed by atoms with Gasteiger partial charge in [-0.05, 0) is 44.3 Å². The highest BCUT2D eigenvalue weighted by Crippen LogP contribution is 2.32. The number of nitrogens with one attached hydrogen (secondary N) is 2. The summed E-state index contributed by atoms with van der Waals surface area (Å²) in [6.07, 6.45) is -1.15. The summed E-state index contributed by atoms with van der Waals surface area (Å²) < 4.78 is 42.2. The second-order valence-electron chi connectivity index (χ2n) is 6.25. The lowest BCUT2D eigenvalue weighted by atomic mass is 10.2. The summed E-state index contributed by atoms with van der Waals surface area (Å²) in [5.41, 5.74) is 0.383. The molecule has 0 spiro atoms. The third-order valence-corrected chi connectivity index (χ3v) is 6.08. The number of fused-ring (bicyclic) bond motifs is 1. The first-order chi connectivity index (χ1) is 14.2. The van der Waals surface area contributed by atoms with Crippen molar-refractivity contribution in [3.63, 3.8) is 0 Å². The largest absolute Gasteiger partial charge is 0.486 e. The fraction of sp³-hybridized carbons (Fsp3) is 0.263. The standard InChI is InChI=1S/C19H19ClN2O7S/c1-11(18(23)22-13-4-6-15-16(10-13)28-8-7-27-15)29-19(24)12-3-5-14(20)17(9-12)30(25,26)21-2/h3-6,9-11,21H,7-8H2,1-2H3,(H,22,23). The summed E-state index contributed by atoms with van der Waals surface area (Å²) in [6, 6.07) is 8.57. The van der Waals surface area contributed by atoms with Crippen LogP contribution in [0.1, 0.15) is 17.3 Å². The molecule has 0 aromatic heterocycles. The van der Waals surface area contributed by atoms with E-state index in [1.807, 2.05) is 0 Å². The third-order valence-electron chi connectivity index (χ3n) is 4.19. The Kier molecular flexibility index (Phi) is 6.49. The molecule has 0 radical (unpaired) electrons. The maximum Gasteiger partial charge on any atom is 0.338 e. The van der Waals surface area contributed by atoms with Crippen molar-refractivity contribution in [2.75, 3.05) is 25.6 Å². The van der Waals surface area contributed by atoms with Crippen LogP contribution in [-0.4, -0.2) is 46.7 Å². The number of esters is 1. The Morgan fingerprint density at radius 2 is 1.80 bits per heavy atom. The number of hydrogen-bond acceptors (Lipinski definition) is 7. The number of hydrogen-bond donors (Lipinski definition) is 2. The molecule has 9 nitrogen and oxygen atoms in total. The van der Waals surface area contributed by atoms with Crippen molar-refractivity contribution >= 4 is 39.2 Å². The predicted molar refractivity (Wildman–Crippen MR) is 109 cm³/mol. The number of ether oxygens (including phenoxy) is 3. The first kappa shape index (κ1) is 21.9. The number of anilines is 1. The zero-order chi connectivity index (χ0) is 21.9. The molecule has 160 valence electrons. The number of carbonyl (C=O) groups is 2. The fourth-order valence-electron chi connectivity index (χ4n) is 2.59. The summed E-state index contributed by atoms with van der Waals surface area (Å²) in [6.45, 7) is 2.25. The van der Waals surface area contributed by atoms with Crippen molar-refractivity contribution in [3.05, 3.63) is 47.0 Å². The van der Waals surface area contributed by atoms with Gasteiger partial charge in [0.1, 0.15) is 18.1 Å². The van der Waals surface area contributed by atoms with Crippen LogP contribution in [0, 0.1) is 0 Å². The zero-order valence-electron chi connectivity index (χ0n) is 16.1. The molecule has 3 rings (SSSR count). The van der Waals surface area contributed by atoms with Crippen LogP contribution in [0.3, 0.4) is 0 Å². The van der Waals surface area contributed by atoms with Gasteiger partial charge in [0.25, 0.3) is 5.91 Å². The normalized spacial score (nSPS) is 14.0. The summed E-state index contributed by atoms with van der Waals surface area (Å²) in [5, 5.41) is 2.57. The average molecular weight is 455 g/mol. The zero-order valence-corrected chi connectivity index (χ0v) is 17.7. The Hall–Kier alpha value is -2.82. The van der Waals surface area contributed by atoms with E-state index in [2.05, 4.69) is 10.0 Å². The van der Waals surface area contributed by atoms with Gasteiger partial charge in [-0.1, -0.05) is 11.6 Å². The molecule has 1 heterocycles. The molecular formula is C19H19ClN2O7S. The van der Waals surface area contributed by atoms with E-state index in [4.69, 9.17) is 25.8 Å². The molecule has 2 aromatic rings. The van der Waals surface area contributed by atoms with Crippen LogP contribution in [0.25, 0.3) is 0 Å². The van der Waals surface area contributed by atoms with Crippen molar-refractivity contribution in [2.24, 2.45) is 0 Å². The molecule has 0 aliphatic carbocycles. The summed E-state index contributed by atoms with van der Waals surface area (Å²) in [7, 11) is -2.65. The molecule has 1 aliphatic heterocycles. The molecule has 1 unspecified atom stereocenters. The van der Waals surface area contributed by atoms with E-state index in [1.54, 1.807) is 18.2 Å². The van der Waals surface area contributed by atoms with Crippen LogP contribution in [0.4, 0.5) is 5.69 Å². The second-order valence-corrected chi connectivity index (χ2v) is 8.51. The smallest absolute Gasteiger partial charge is 0.338 e. The lowest BCUT2D eigenvalue weighted by Gasteiger charge is -2.19. The summed E-state index contributed by atoms with van der Waals surface area (Å²) in [4.78, 5) is 24.5. The van der Waals surface area contributed by atoms with E-state index >= 15 is 0 Å². The van der Waals surface area contributed by atoms with Crippen LogP contribution in [0.15, 0.2) is 41.3 Å². The molecule has 0 bridgehead atoms. The molecule has 1 atom stereocenters. The highest BCUT2D eigenvalue weighted by atomic mass is 35.5. The molecule has 0 fully saturated rings. The van der Waals surface area contributed by atoms with Gasteiger partial charge in [0.15, 0.2) is 17.6 Å². The quantitative estimate of drug-likeness (QED) is 0.642. The van der Waals surface area contributed by atoms with E-state index in [-0.39, 0.29) is 15.5 Å². The topological polar surface area (TPSA) is 120 Å². The molecule has 2 N–H and O–H groups in total. The van der Waals surface area contributed by atoms with Gasteiger partial charge in [-0.3, -0.25) is 4.79 Å². The van der Waals surface area contributed by atoms with Crippen LogP contribution < -0.4 is 19.5 Å². The molecular weight excluding hydrogens is 436 g/mol. The van der Waals surface area contributed by atoms with Crippen LogP contribution in [0.5, 0.6) is 11.5 Å². The Bertz CT molecular complexity index is 1090. The van der Waals surface area contributed by atoms with Gasteiger partial charge in [-0.15, -0.1) is 0 Å². The Labute approximate surface area is 178 Å². The van der Waals surface area contributed by atoms with E-state index in [0.29, 0.717) is 30.4 Å². The number of rotatable bonds is 6. The Morgan fingerprint density at radius 1 is 1.10 bits per heavy atom. The van der Waals surface area contributed by atoms with Gasteiger partial charge in [0.05, 0.1) is 10.6 Å². The minimum absolute atomic E-state index is 0.0506. The van der Waals surface area contributed by atoms with Gasteiger partial charge in [-0.25, -0.2) is 17.9 Å². The Balaban J connectivity index is 1.68. The minimum Gasteiger partial charge on any atom is -0.486 e. The first-order valence-electron chi connectivity index (χ1n) is 8.86. The van der Waals surface area contributed by atoms with E-state index in [1.165, 1.54) is 26.1 Å². The highest BCUT2D eigenvalue weighted by molar-refractivity contribution is 7.89. The first-order valence-corrected chi connectivity index (χ1v) is 10.7. The summed E-state index contributed by atoms with van der Waals surface area (Å²) in [5.74, 6) is -0.363. The maximum absolute atomic E-state index is 12.4. The molecule has 2 aromatic carbocycles. The van der Waals surface area contributed by atoms with Crippen LogP contribution in [-0.2, 0) is 19.6 Å². The van der Waals surface area contributed by atoms with Crippen molar-refractivity contribution in [1.82, 2.24) is 4.72 Å². The Morgan fingerprint density at radius 3 is 2.50 bits per heavy atom. The fourth-order valence-corrected chi connectivity index (χ4v) is 3.84. The van der Waals surface area contributed by atoms with Gasteiger partial charge in [0, 0.05) is 11.8 Å².